The number of hydrogen-bond donors (Lipinski definition) is 0. The van der Waals surface area contributed by atoms with Crippen molar-refractivity contribution in [3.05, 3.63) is 127 Å². The molecule has 214 valence electrons. The van der Waals surface area contributed by atoms with E-state index in [0.717, 1.165) is 59.8 Å². The summed E-state index contributed by atoms with van der Waals surface area (Å²) in [6, 6.07) is 45.2. The Morgan fingerprint density at radius 3 is 2.09 bits per heavy atom. The van der Waals surface area contributed by atoms with E-state index in [2.05, 4.69) is 120 Å². The van der Waals surface area contributed by atoms with E-state index in [1.807, 2.05) is 23.5 Å². The number of nitrogens with zero attached hydrogens (tertiary/aromatic N) is 3. The zero-order valence-corrected chi connectivity index (χ0v) is 25.8. The molecule has 0 aliphatic heterocycles. The van der Waals surface area contributed by atoms with Crippen LogP contribution in [-0.4, -0.2) is 14.5 Å². The van der Waals surface area contributed by atoms with Gasteiger partial charge in [-0.15, -0.1) is 22.7 Å². The van der Waals surface area contributed by atoms with Crippen molar-refractivity contribution in [3.8, 4) is 17.2 Å². The molecule has 5 aromatic heterocycles. The van der Waals surface area contributed by atoms with E-state index in [0.29, 0.717) is 5.95 Å². The zero-order valence-electron chi connectivity index (χ0n) is 24.2. The van der Waals surface area contributed by atoms with Gasteiger partial charge in [0.15, 0.2) is 0 Å². The normalized spacial score (nSPS) is 12.3. The van der Waals surface area contributed by atoms with E-state index in [-0.39, 0.29) is 0 Å². The molecule has 0 fully saturated rings. The van der Waals surface area contributed by atoms with Crippen molar-refractivity contribution < 1.29 is 4.42 Å². The molecular weight excluding hydrogens is 603 g/mol. The summed E-state index contributed by atoms with van der Waals surface area (Å²) < 4.78 is 13.3. The van der Waals surface area contributed by atoms with Crippen LogP contribution in [0, 0.1) is 0 Å². The molecule has 11 aromatic rings. The fraction of sp³-hybridized carbons (Fsp3) is 0. The van der Waals surface area contributed by atoms with Gasteiger partial charge in [-0.2, -0.15) is 0 Å². The standard InChI is InChI=1S/C40H21N3OS2/c1-5-13-30-23(9-1)27-21-36-29(25-11-3-7-15-34(25)45-36)20-31(27)43(30)40-41-37(39-38(42-40)26-12-4-8-16-35(26)46-39)22-17-18-33-28(19-22)24-10-2-6-14-32(24)44-33/h1-21H. The third-order valence-electron chi connectivity index (χ3n) is 9.23. The average molecular weight is 624 g/mol. The van der Waals surface area contributed by atoms with Crippen LogP contribution in [0.1, 0.15) is 0 Å². The number of furan rings is 1. The molecule has 0 aliphatic carbocycles. The van der Waals surface area contributed by atoms with Crippen molar-refractivity contribution in [2.45, 2.75) is 0 Å². The summed E-state index contributed by atoms with van der Waals surface area (Å²) in [5.74, 6) is 0.674. The van der Waals surface area contributed by atoms with E-state index in [4.69, 9.17) is 14.4 Å². The lowest BCUT2D eigenvalue weighted by Gasteiger charge is -2.10. The van der Waals surface area contributed by atoms with Crippen LogP contribution < -0.4 is 0 Å². The van der Waals surface area contributed by atoms with Gasteiger partial charge in [0.25, 0.3) is 0 Å². The maximum absolute atomic E-state index is 6.18. The van der Waals surface area contributed by atoms with Gasteiger partial charge in [-0.3, -0.25) is 4.57 Å². The van der Waals surface area contributed by atoms with Crippen molar-refractivity contribution in [1.29, 1.82) is 0 Å². The minimum Gasteiger partial charge on any atom is -0.456 e. The molecule has 0 saturated heterocycles. The second-order valence-electron chi connectivity index (χ2n) is 11.8. The number of thiophene rings is 2. The first-order valence-electron chi connectivity index (χ1n) is 15.2. The highest BCUT2D eigenvalue weighted by molar-refractivity contribution is 7.26. The Kier molecular flexibility index (Phi) is 4.84. The molecule has 0 aliphatic rings. The Bertz CT molecular complexity index is 3050. The fourth-order valence-electron chi connectivity index (χ4n) is 7.15. The van der Waals surface area contributed by atoms with Gasteiger partial charge in [-0.05, 0) is 54.6 Å². The minimum atomic E-state index is 0.674. The number of para-hydroxylation sites is 2. The molecule has 4 nitrogen and oxygen atoms in total. The summed E-state index contributed by atoms with van der Waals surface area (Å²) in [5.41, 5.74) is 6.93. The maximum Gasteiger partial charge on any atom is 0.235 e. The SMILES string of the molecule is c1ccc2c(c1)oc1ccc(-c3nc(-n4c5ccccc5c5cc6sc7ccccc7c6cc54)nc4c3sc3ccccc34)cc12. The summed E-state index contributed by atoms with van der Waals surface area (Å²) in [7, 11) is 0. The summed E-state index contributed by atoms with van der Waals surface area (Å²) >= 11 is 3.61. The van der Waals surface area contributed by atoms with E-state index in [1.54, 1.807) is 11.3 Å². The fourth-order valence-corrected chi connectivity index (χ4v) is 9.43. The Morgan fingerprint density at radius 2 is 1.20 bits per heavy atom. The van der Waals surface area contributed by atoms with Crippen molar-refractivity contribution in [1.82, 2.24) is 14.5 Å². The van der Waals surface area contributed by atoms with Gasteiger partial charge >= 0.3 is 0 Å². The Labute approximate surface area is 269 Å². The van der Waals surface area contributed by atoms with Crippen LogP contribution in [-0.2, 0) is 0 Å². The van der Waals surface area contributed by atoms with Crippen LogP contribution in [0.2, 0.25) is 0 Å². The van der Waals surface area contributed by atoms with Crippen LogP contribution in [0.15, 0.2) is 132 Å². The van der Waals surface area contributed by atoms with Gasteiger partial charge in [0, 0.05) is 57.4 Å². The molecule has 0 amide bonds. The number of fused-ring (bicyclic) bond motifs is 12. The number of hydrogen-bond acceptors (Lipinski definition) is 5. The number of rotatable bonds is 2. The smallest absolute Gasteiger partial charge is 0.235 e. The number of aromatic nitrogens is 3. The lowest BCUT2D eigenvalue weighted by Crippen LogP contribution is -2.02. The van der Waals surface area contributed by atoms with Crippen LogP contribution in [0.4, 0.5) is 0 Å². The van der Waals surface area contributed by atoms with E-state index < -0.39 is 0 Å². The molecule has 6 aromatic carbocycles. The van der Waals surface area contributed by atoms with Crippen LogP contribution in [0.3, 0.4) is 0 Å². The predicted molar refractivity (Wildman–Crippen MR) is 195 cm³/mol. The molecule has 0 atom stereocenters. The number of benzene rings is 6. The molecule has 11 rings (SSSR count). The molecule has 5 heterocycles. The molecule has 0 saturated carbocycles. The summed E-state index contributed by atoms with van der Waals surface area (Å²) in [4.78, 5) is 10.8. The molecule has 0 bridgehead atoms. The quantitative estimate of drug-likeness (QED) is 0.192. The predicted octanol–water partition coefficient (Wildman–Crippen LogP) is 11.9. The van der Waals surface area contributed by atoms with Crippen LogP contribution in [0.5, 0.6) is 0 Å². The van der Waals surface area contributed by atoms with E-state index in [1.165, 1.54) is 35.6 Å². The Morgan fingerprint density at radius 1 is 0.478 bits per heavy atom. The van der Waals surface area contributed by atoms with E-state index in [9.17, 15) is 0 Å². The molecule has 6 heteroatoms. The largest absolute Gasteiger partial charge is 0.456 e. The van der Waals surface area contributed by atoms with Gasteiger partial charge in [-0.1, -0.05) is 72.8 Å². The molecule has 0 radical (unpaired) electrons. The molecular formula is C40H21N3OS2. The lowest BCUT2D eigenvalue weighted by molar-refractivity contribution is 0.669. The van der Waals surface area contributed by atoms with Gasteiger partial charge in [0.1, 0.15) is 11.2 Å². The van der Waals surface area contributed by atoms with Crippen molar-refractivity contribution >= 4 is 107 Å². The van der Waals surface area contributed by atoms with Gasteiger partial charge in [0.2, 0.25) is 5.95 Å². The average Bonchev–Trinajstić information content (AvgIpc) is 3.85. The maximum atomic E-state index is 6.18. The monoisotopic (exact) mass is 623 g/mol. The zero-order chi connectivity index (χ0) is 29.9. The highest BCUT2D eigenvalue weighted by atomic mass is 32.1. The van der Waals surface area contributed by atoms with Crippen molar-refractivity contribution in [3.63, 3.8) is 0 Å². The lowest BCUT2D eigenvalue weighted by atomic mass is 10.1. The highest BCUT2D eigenvalue weighted by Gasteiger charge is 2.21. The molecule has 0 unspecified atom stereocenters. The first-order chi connectivity index (χ1) is 22.8. The van der Waals surface area contributed by atoms with Gasteiger partial charge in [0.05, 0.1) is 26.9 Å². The van der Waals surface area contributed by atoms with E-state index >= 15 is 0 Å². The second-order valence-corrected chi connectivity index (χ2v) is 13.9. The summed E-state index contributed by atoms with van der Waals surface area (Å²) in [6.45, 7) is 0. The Balaban J connectivity index is 1.27. The van der Waals surface area contributed by atoms with Crippen molar-refractivity contribution in [2.24, 2.45) is 0 Å². The first kappa shape index (κ1) is 24.7. The molecule has 0 N–H and O–H groups in total. The third-order valence-corrected chi connectivity index (χ3v) is 11.5. The highest BCUT2D eigenvalue weighted by Crippen LogP contribution is 2.43. The third kappa shape index (κ3) is 3.32. The van der Waals surface area contributed by atoms with Gasteiger partial charge in [-0.25, -0.2) is 9.97 Å². The van der Waals surface area contributed by atoms with Gasteiger partial charge < -0.3 is 4.42 Å². The summed E-state index contributed by atoms with van der Waals surface area (Å²) in [6.07, 6.45) is 0. The second kappa shape index (κ2) is 9.01. The molecule has 0 spiro atoms. The molecule has 46 heavy (non-hydrogen) atoms. The topological polar surface area (TPSA) is 43.9 Å². The minimum absolute atomic E-state index is 0.674. The van der Waals surface area contributed by atoms with Crippen LogP contribution >= 0.6 is 22.7 Å². The van der Waals surface area contributed by atoms with Crippen molar-refractivity contribution in [2.75, 3.05) is 0 Å². The Hall–Kier alpha value is -5.56. The first-order valence-corrected chi connectivity index (χ1v) is 16.9. The van der Waals surface area contributed by atoms with Crippen LogP contribution in [0.25, 0.3) is 101 Å². The summed E-state index contributed by atoms with van der Waals surface area (Å²) in [5, 5.41) is 8.29.